The number of hydrogen-bond acceptors (Lipinski definition) is 6. The highest BCUT2D eigenvalue weighted by molar-refractivity contribution is 7.13. The van der Waals surface area contributed by atoms with Crippen LogP contribution >= 0.6 is 11.3 Å². The first-order chi connectivity index (χ1) is 11.0. The molecule has 23 heavy (non-hydrogen) atoms. The minimum atomic E-state index is -0.556. The van der Waals surface area contributed by atoms with Crippen molar-refractivity contribution < 1.29 is 18.7 Å². The summed E-state index contributed by atoms with van der Waals surface area (Å²) in [6.45, 7) is 4.56. The lowest BCUT2D eigenvalue weighted by Crippen LogP contribution is -2.12. The van der Waals surface area contributed by atoms with Crippen LogP contribution in [0, 0.1) is 5.82 Å². The van der Waals surface area contributed by atoms with E-state index < -0.39 is 11.7 Å². The number of anilines is 1. The molecule has 0 aliphatic carbocycles. The van der Waals surface area contributed by atoms with Gasteiger partial charge in [0.2, 0.25) is 5.01 Å². The van der Waals surface area contributed by atoms with Crippen LogP contribution in [0.2, 0.25) is 0 Å². The topological polar surface area (TPSA) is 73.3 Å². The van der Waals surface area contributed by atoms with E-state index in [0.29, 0.717) is 12.3 Å². The molecule has 6 nitrogen and oxygen atoms in total. The Hall–Kier alpha value is -2.06. The Morgan fingerprint density at radius 2 is 2.13 bits per heavy atom. The van der Waals surface area contributed by atoms with Gasteiger partial charge in [-0.1, -0.05) is 25.2 Å². The van der Waals surface area contributed by atoms with Crippen molar-refractivity contribution in [3.8, 4) is 5.75 Å². The van der Waals surface area contributed by atoms with Gasteiger partial charge in [-0.15, -0.1) is 10.2 Å². The van der Waals surface area contributed by atoms with E-state index in [1.165, 1.54) is 30.6 Å². The minimum absolute atomic E-state index is 0.109. The van der Waals surface area contributed by atoms with Crippen molar-refractivity contribution in [3.05, 3.63) is 34.0 Å². The molecule has 1 aromatic carbocycles. The summed E-state index contributed by atoms with van der Waals surface area (Å²) in [4.78, 5) is 12.1. The highest BCUT2D eigenvalue weighted by Crippen LogP contribution is 2.23. The normalized spacial score (nSPS) is 10.8. The smallest absolute Gasteiger partial charge is 0.286 e. The van der Waals surface area contributed by atoms with E-state index >= 15 is 0 Å². The van der Waals surface area contributed by atoms with Crippen molar-refractivity contribution in [3.63, 3.8) is 0 Å². The summed E-state index contributed by atoms with van der Waals surface area (Å²) < 4.78 is 23.9. The average Bonchev–Trinajstić information content (AvgIpc) is 3.00. The zero-order chi connectivity index (χ0) is 16.8. The molecule has 0 spiro atoms. The van der Waals surface area contributed by atoms with Crippen LogP contribution in [0.5, 0.6) is 5.75 Å². The van der Waals surface area contributed by atoms with Gasteiger partial charge in [0.25, 0.3) is 5.91 Å². The van der Waals surface area contributed by atoms with Crippen LogP contribution in [0.25, 0.3) is 0 Å². The summed E-state index contributed by atoms with van der Waals surface area (Å²) in [5, 5.41) is 11.4. The number of carbonyl (C=O) groups is 1. The predicted molar refractivity (Wildman–Crippen MR) is 85.7 cm³/mol. The number of carbonyl (C=O) groups excluding carboxylic acids is 1. The van der Waals surface area contributed by atoms with Crippen molar-refractivity contribution in [1.29, 1.82) is 0 Å². The molecule has 1 aromatic heterocycles. The summed E-state index contributed by atoms with van der Waals surface area (Å²) in [7, 11) is 1.54. The molecule has 1 heterocycles. The summed E-state index contributed by atoms with van der Waals surface area (Å²) in [6.07, 6.45) is 0. The minimum Gasteiger partial charge on any atom is -0.488 e. The van der Waals surface area contributed by atoms with Gasteiger partial charge in [0.15, 0.2) is 11.6 Å². The van der Waals surface area contributed by atoms with Crippen LogP contribution in [0.15, 0.2) is 18.2 Å². The number of nitrogens with zero attached hydrogens (tertiary/aromatic N) is 2. The quantitative estimate of drug-likeness (QED) is 0.785. The molecule has 0 bridgehead atoms. The lowest BCUT2D eigenvalue weighted by Gasteiger charge is -2.08. The Labute approximate surface area is 137 Å². The zero-order valence-corrected chi connectivity index (χ0v) is 13.9. The fourth-order valence-electron chi connectivity index (χ4n) is 1.67. The highest BCUT2D eigenvalue weighted by Gasteiger charge is 2.15. The summed E-state index contributed by atoms with van der Waals surface area (Å²) in [6, 6.07) is 4.22. The first-order valence-electron chi connectivity index (χ1n) is 7.07. The van der Waals surface area contributed by atoms with Crippen molar-refractivity contribution in [1.82, 2.24) is 10.2 Å². The van der Waals surface area contributed by atoms with E-state index in [1.807, 2.05) is 13.8 Å². The largest absolute Gasteiger partial charge is 0.488 e. The van der Waals surface area contributed by atoms with Crippen molar-refractivity contribution in [2.75, 3.05) is 25.6 Å². The molecule has 2 aromatic rings. The predicted octanol–water partition coefficient (Wildman–Crippen LogP) is 3.08. The Morgan fingerprint density at radius 1 is 1.35 bits per heavy atom. The molecule has 0 radical (unpaired) electrons. The van der Waals surface area contributed by atoms with Crippen molar-refractivity contribution in [2.24, 2.45) is 0 Å². The summed E-state index contributed by atoms with van der Waals surface area (Å²) >= 11 is 1.22. The summed E-state index contributed by atoms with van der Waals surface area (Å²) in [5.41, 5.74) is 0.327. The highest BCUT2D eigenvalue weighted by atomic mass is 32.1. The molecule has 0 atom stereocenters. The molecular weight excluding hydrogens is 321 g/mol. The van der Waals surface area contributed by atoms with Gasteiger partial charge < -0.3 is 14.8 Å². The van der Waals surface area contributed by atoms with Crippen LogP contribution in [0.4, 0.5) is 10.1 Å². The zero-order valence-electron chi connectivity index (χ0n) is 13.1. The van der Waals surface area contributed by atoms with Gasteiger partial charge in [0.05, 0.1) is 6.61 Å². The summed E-state index contributed by atoms with van der Waals surface area (Å²) in [5.74, 6) is -0.658. The third kappa shape index (κ3) is 4.70. The van der Waals surface area contributed by atoms with Crippen molar-refractivity contribution in [2.45, 2.75) is 19.8 Å². The second kappa shape index (κ2) is 7.98. The Bertz CT molecular complexity index is 676. The van der Waals surface area contributed by atoms with Crippen LogP contribution in [0.3, 0.4) is 0 Å². The number of methoxy groups -OCH3 is 1. The second-order valence-electron chi connectivity index (χ2n) is 5.04. The molecule has 8 heteroatoms. The molecule has 0 unspecified atom stereocenters. The molecule has 124 valence electrons. The van der Waals surface area contributed by atoms with E-state index in [9.17, 15) is 9.18 Å². The average molecular weight is 339 g/mol. The number of rotatable bonds is 7. The maximum atomic E-state index is 13.9. The van der Waals surface area contributed by atoms with Crippen LogP contribution in [-0.4, -0.2) is 36.4 Å². The maximum Gasteiger partial charge on any atom is 0.286 e. The Kier molecular flexibility index (Phi) is 6.00. The molecule has 1 N–H and O–H groups in total. The molecular formula is C15H18FN3O3S. The second-order valence-corrected chi connectivity index (χ2v) is 6.05. The molecule has 0 saturated carbocycles. The van der Waals surface area contributed by atoms with Gasteiger partial charge in [0.1, 0.15) is 11.6 Å². The maximum absolute atomic E-state index is 13.9. The molecule has 0 aliphatic heterocycles. The van der Waals surface area contributed by atoms with E-state index in [0.717, 1.165) is 5.01 Å². The van der Waals surface area contributed by atoms with E-state index in [2.05, 4.69) is 15.5 Å². The number of nitrogens with one attached hydrogen (secondary N) is 1. The van der Waals surface area contributed by atoms with E-state index in [4.69, 9.17) is 9.47 Å². The van der Waals surface area contributed by atoms with Crippen LogP contribution in [0.1, 0.15) is 34.6 Å². The van der Waals surface area contributed by atoms with Gasteiger partial charge in [0, 0.05) is 24.8 Å². The first-order valence-corrected chi connectivity index (χ1v) is 7.89. The van der Waals surface area contributed by atoms with Gasteiger partial charge in [-0.05, 0) is 12.1 Å². The third-order valence-corrected chi connectivity index (χ3v) is 4.09. The van der Waals surface area contributed by atoms with Crippen molar-refractivity contribution >= 4 is 22.9 Å². The van der Waals surface area contributed by atoms with Gasteiger partial charge in [-0.2, -0.15) is 0 Å². The molecule has 0 aliphatic rings. The number of amides is 1. The molecule has 0 saturated heterocycles. The molecule has 2 rings (SSSR count). The fourth-order valence-corrected chi connectivity index (χ4v) is 2.42. The number of hydrogen-bond donors (Lipinski definition) is 1. The van der Waals surface area contributed by atoms with E-state index in [1.54, 1.807) is 6.07 Å². The van der Waals surface area contributed by atoms with E-state index in [-0.39, 0.29) is 23.3 Å². The number of aromatic nitrogens is 2. The lowest BCUT2D eigenvalue weighted by atomic mass is 10.2. The third-order valence-electron chi connectivity index (χ3n) is 2.86. The standard InChI is InChI=1S/C15H18FN3O3S/c1-9(2)14-18-19-15(23-14)13(20)17-10-4-5-12(11(16)8-10)22-7-6-21-3/h4-5,8-9H,6-7H2,1-3H3,(H,17,20). The van der Waals surface area contributed by atoms with Gasteiger partial charge in [-0.25, -0.2) is 4.39 Å². The molecule has 0 fully saturated rings. The monoisotopic (exact) mass is 339 g/mol. The number of benzene rings is 1. The number of ether oxygens (including phenoxy) is 2. The van der Waals surface area contributed by atoms with Gasteiger partial charge >= 0.3 is 0 Å². The Morgan fingerprint density at radius 3 is 2.74 bits per heavy atom. The fraction of sp³-hybridized carbons (Fsp3) is 0.400. The Balaban J connectivity index is 2.01. The first kappa shape index (κ1) is 17.3. The van der Waals surface area contributed by atoms with Crippen LogP contribution in [-0.2, 0) is 4.74 Å². The van der Waals surface area contributed by atoms with Gasteiger partial charge in [-0.3, -0.25) is 4.79 Å². The lowest BCUT2D eigenvalue weighted by molar-refractivity contribution is 0.102. The van der Waals surface area contributed by atoms with Crippen LogP contribution < -0.4 is 10.1 Å². The molecule has 1 amide bonds. The number of halogens is 1. The SMILES string of the molecule is COCCOc1ccc(NC(=O)c2nnc(C(C)C)s2)cc1F.